The van der Waals surface area contributed by atoms with E-state index in [1.807, 2.05) is 23.9 Å². The highest BCUT2D eigenvalue weighted by atomic mass is 35.5. The molecule has 41 heavy (non-hydrogen) atoms. The van der Waals surface area contributed by atoms with Gasteiger partial charge in [-0.2, -0.15) is 0 Å². The molecule has 2 heterocycles. The third kappa shape index (κ3) is 9.05. The van der Waals surface area contributed by atoms with Gasteiger partial charge in [0, 0.05) is 28.6 Å². The third-order valence-corrected chi connectivity index (χ3v) is 10.0. The highest BCUT2D eigenvalue weighted by Gasteiger charge is 2.20. The van der Waals surface area contributed by atoms with Gasteiger partial charge in [0.1, 0.15) is 5.82 Å². The molecule has 2 fully saturated rings. The number of hydrogen-bond donors (Lipinski definition) is 2. The minimum absolute atomic E-state index is 0.0404. The Morgan fingerprint density at radius 2 is 1.78 bits per heavy atom. The van der Waals surface area contributed by atoms with Crippen molar-refractivity contribution in [1.82, 2.24) is 15.5 Å². The fraction of sp³-hybridized carbons (Fsp3) is 0.441. The van der Waals surface area contributed by atoms with Gasteiger partial charge >= 0.3 is 0 Å². The van der Waals surface area contributed by atoms with Crippen molar-refractivity contribution < 1.29 is 9.18 Å². The van der Waals surface area contributed by atoms with Crippen molar-refractivity contribution in [3.05, 3.63) is 99.8 Å². The first-order valence-electron chi connectivity index (χ1n) is 15.0. The zero-order valence-corrected chi connectivity index (χ0v) is 25.3. The number of nitrogens with zero attached hydrogens (tertiary/aromatic N) is 1. The summed E-state index contributed by atoms with van der Waals surface area (Å²) in [5.41, 5.74) is 4.00. The molecule has 7 heteroatoms. The minimum Gasteiger partial charge on any atom is -0.351 e. The highest BCUT2D eigenvalue weighted by molar-refractivity contribution is 8.00. The number of benzene rings is 3. The van der Waals surface area contributed by atoms with Crippen LogP contribution in [-0.2, 0) is 19.3 Å². The Morgan fingerprint density at radius 3 is 2.56 bits per heavy atom. The van der Waals surface area contributed by atoms with E-state index in [4.69, 9.17) is 11.6 Å². The summed E-state index contributed by atoms with van der Waals surface area (Å²) in [6.45, 7) is 4.72. The average molecular weight is 594 g/mol. The highest BCUT2D eigenvalue weighted by Crippen LogP contribution is 2.32. The number of amides is 1. The Bertz CT molecular complexity index is 1280. The van der Waals surface area contributed by atoms with Gasteiger partial charge in [-0.15, -0.1) is 11.8 Å². The number of piperidine rings is 2. The van der Waals surface area contributed by atoms with Gasteiger partial charge in [0.15, 0.2) is 0 Å². The molecule has 2 aliphatic rings. The zero-order valence-electron chi connectivity index (χ0n) is 23.7. The van der Waals surface area contributed by atoms with E-state index in [0.717, 1.165) is 56.1 Å². The quantitative estimate of drug-likeness (QED) is 0.248. The van der Waals surface area contributed by atoms with Crippen molar-refractivity contribution in [2.45, 2.75) is 61.6 Å². The summed E-state index contributed by atoms with van der Waals surface area (Å²) in [5.74, 6) is 0.421. The molecule has 4 nitrogen and oxygen atoms in total. The van der Waals surface area contributed by atoms with Crippen LogP contribution in [0.2, 0.25) is 5.02 Å². The number of hydrogen-bond acceptors (Lipinski definition) is 4. The van der Waals surface area contributed by atoms with Gasteiger partial charge in [-0.05, 0) is 130 Å². The number of carbonyl (C=O) groups excluding carboxylic acids is 1. The number of halogens is 2. The topological polar surface area (TPSA) is 44.4 Å². The molecule has 3 aromatic rings. The molecule has 1 unspecified atom stereocenters. The lowest BCUT2D eigenvalue weighted by molar-refractivity contribution is 0.0943. The monoisotopic (exact) mass is 593 g/mol. The van der Waals surface area contributed by atoms with Crippen LogP contribution in [-0.4, -0.2) is 48.9 Å². The second kappa shape index (κ2) is 15.2. The van der Waals surface area contributed by atoms with E-state index in [9.17, 15) is 9.18 Å². The van der Waals surface area contributed by atoms with Gasteiger partial charge in [0.25, 0.3) is 5.91 Å². The SMILES string of the molecule is O=C(NCCN1CCC(Cc2ccccc2)CC1)c1ccc(SC2CCCCN2)c(CCc2cc(F)ccc2Cl)c1. The summed E-state index contributed by atoms with van der Waals surface area (Å²) in [4.78, 5) is 16.8. The number of thioether (sulfide) groups is 1. The molecule has 2 aliphatic heterocycles. The Labute approximate surface area is 253 Å². The molecule has 0 bridgehead atoms. The molecule has 1 amide bonds. The lowest BCUT2D eigenvalue weighted by atomic mass is 9.90. The molecule has 5 rings (SSSR count). The van der Waals surface area contributed by atoms with Crippen molar-refractivity contribution in [3.8, 4) is 0 Å². The fourth-order valence-electron chi connectivity index (χ4n) is 5.90. The molecular formula is C34H41ClFN3OS. The van der Waals surface area contributed by atoms with E-state index in [0.29, 0.717) is 35.3 Å². The molecule has 0 aromatic heterocycles. The Kier molecular flexibility index (Phi) is 11.2. The predicted molar refractivity (Wildman–Crippen MR) is 168 cm³/mol. The van der Waals surface area contributed by atoms with Gasteiger partial charge in [0.05, 0.1) is 5.37 Å². The third-order valence-electron chi connectivity index (χ3n) is 8.32. The largest absolute Gasteiger partial charge is 0.351 e. The van der Waals surface area contributed by atoms with Crippen LogP contribution < -0.4 is 10.6 Å². The number of nitrogens with one attached hydrogen (secondary N) is 2. The minimum atomic E-state index is -0.279. The van der Waals surface area contributed by atoms with Crippen LogP contribution in [0.3, 0.4) is 0 Å². The van der Waals surface area contributed by atoms with E-state index in [-0.39, 0.29) is 11.7 Å². The summed E-state index contributed by atoms with van der Waals surface area (Å²) < 4.78 is 13.9. The summed E-state index contributed by atoms with van der Waals surface area (Å²) in [6, 6.07) is 21.3. The van der Waals surface area contributed by atoms with Gasteiger partial charge in [-0.3, -0.25) is 4.79 Å². The van der Waals surface area contributed by atoms with Crippen molar-refractivity contribution in [2.24, 2.45) is 5.92 Å². The van der Waals surface area contributed by atoms with E-state index in [1.54, 1.807) is 6.07 Å². The Balaban J connectivity index is 1.15. The molecular weight excluding hydrogens is 553 g/mol. The van der Waals surface area contributed by atoms with E-state index < -0.39 is 0 Å². The maximum Gasteiger partial charge on any atom is 0.251 e. The standard InChI is InChI=1S/C34H41ClFN3OS/c35-31-13-12-30(36)24-27(31)9-10-28-23-29(11-14-32(28)41-33-8-4-5-17-37-33)34(40)38-18-21-39-19-15-26(16-20-39)22-25-6-2-1-3-7-25/h1-3,6-7,11-14,23-24,26,33,37H,4-5,8-10,15-22H2,(H,38,40). The smallest absolute Gasteiger partial charge is 0.251 e. The summed E-state index contributed by atoms with van der Waals surface area (Å²) in [5, 5.41) is 7.70. The summed E-state index contributed by atoms with van der Waals surface area (Å²) in [7, 11) is 0. The van der Waals surface area contributed by atoms with Crippen LogP contribution in [0, 0.1) is 11.7 Å². The Hall–Kier alpha value is -2.38. The van der Waals surface area contributed by atoms with Gasteiger partial charge in [-0.25, -0.2) is 4.39 Å². The van der Waals surface area contributed by atoms with Crippen molar-refractivity contribution >= 4 is 29.3 Å². The van der Waals surface area contributed by atoms with Crippen molar-refractivity contribution in [2.75, 3.05) is 32.7 Å². The first kappa shape index (κ1) is 30.1. The van der Waals surface area contributed by atoms with E-state index in [1.165, 1.54) is 48.3 Å². The first-order chi connectivity index (χ1) is 20.0. The molecule has 1 atom stereocenters. The van der Waals surface area contributed by atoms with Crippen LogP contribution >= 0.6 is 23.4 Å². The number of carbonyl (C=O) groups is 1. The number of likely N-dealkylation sites (tertiary alicyclic amines) is 1. The molecule has 0 saturated carbocycles. The lowest BCUT2D eigenvalue weighted by Gasteiger charge is -2.32. The Morgan fingerprint density at radius 1 is 0.976 bits per heavy atom. The molecule has 0 spiro atoms. The van der Waals surface area contributed by atoms with E-state index >= 15 is 0 Å². The van der Waals surface area contributed by atoms with Gasteiger partial charge < -0.3 is 15.5 Å². The van der Waals surface area contributed by atoms with Crippen molar-refractivity contribution in [1.29, 1.82) is 0 Å². The molecule has 0 aliphatic carbocycles. The summed E-state index contributed by atoms with van der Waals surface area (Å²) >= 11 is 8.19. The van der Waals surface area contributed by atoms with E-state index in [2.05, 4.69) is 51.9 Å². The van der Waals surface area contributed by atoms with Gasteiger partial charge in [-0.1, -0.05) is 41.9 Å². The zero-order chi connectivity index (χ0) is 28.4. The van der Waals surface area contributed by atoms with Gasteiger partial charge in [0.2, 0.25) is 0 Å². The number of aryl methyl sites for hydroxylation is 2. The molecule has 2 saturated heterocycles. The molecule has 0 radical (unpaired) electrons. The maximum absolute atomic E-state index is 13.9. The average Bonchev–Trinajstić information content (AvgIpc) is 3.00. The lowest BCUT2D eigenvalue weighted by Crippen LogP contribution is -2.40. The predicted octanol–water partition coefficient (Wildman–Crippen LogP) is 7.14. The summed E-state index contributed by atoms with van der Waals surface area (Å²) in [6.07, 6.45) is 8.45. The van der Waals surface area contributed by atoms with Crippen LogP contribution in [0.25, 0.3) is 0 Å². The van der Waals surface area contributed by atoms with Crippen molar-refractivity contribution in [3.63, 3.8) is 0 Å². The second-order valence-corrected chi connectivity index (χ2v) is 13.0. The van der Waals surface area contributed by atoms with Crippen LogP contribution in [0.4, 0.5) is 4.39 Å². The van der Waals surface area contributed by atoms with Crippen LogP contribution in [0.1, 0.15) is 59.2 Å². The first-order valence-corrected chi connectivity index (χ1v) is 16.3. The molecule has 3 aromatic carbocycles. The number of rotatable bonds is 11. The molecule has 218 valence electrons. The van der Waals surface area contributed by atoms with Crippen LogP contribution in [0.5, 0.6) is 0 Å². The maximum atomic E-state index is 13.9. The van der Waals surface area contributed by atoms with Crippen LogP contribution in [0.15, 0.2) is 71.6 Å². The fourth-order valence-corrected chi connectivity index (χ4v) is 7.36. The normalized spacial score (nSPS) is 18.3. The second-order valence-electron chi connectivity index (χ2n) is 11.3. The molecule has 2 N–H and O–H groups in total.